The van der Waals surface area contributed by atoms with E-state index in [0.717, 1.165) is 5.56 Å². The summed E-state index contributed by atoms with van der Waals surface area (Å²) < 4.78 is 42.0. The Kier molecular flexibility index (Phi) is 6.82. The first-order valence-corrected chi connectivity index (χ1v) is 10.9. The number of rotatable bonds is 6. The number of hydrogen-bond acceptors (Lipinski definition) is 7. The molecule has 0 saturated heterocycles. The summed E-state index contributed by atoms with van der Waals surface area (Å²) in [5, 5.41) is 0.459. The quantitative estimate of drug-likeness (QED) is 0.437. The molecule has 1 aliphatic heterocycles. The van der Waals surface area contributed by atoms with Gasteiger partial charge >= 0.3 is 5.97 Å². The van der Waals surface area contributed by atoms with Gasteiger partial charge in [-0.3, -0.25) is 4.84 Å². The average Bonchev–Trinajstić information content (AvgIpc) is 2.71. The first-order valence-electron chi connectivity index (χ1n) is 8.25. The first kappa shape index (κ1) is 22.0. The van der Waals surface area contributed by atoms with Crippen molar-refractivity contribution < 1.29 is 32.3 Å². The second-order valence-electron chi connectivity index (χ2n) is 5.98. The molecule has 3 rings (SSSR count). The van der Waals surface area contributed by atoms with Gasteiger partial charge in [-0.05, 0) is 46.3 Å². The van der Waals surface area contributed by atoms with Crippen LogP contribution in [0.4, 0.5) is 0 Å². The van der Waals surface area contributed by atoms with Crippen molar-refractivity contribution in [3.63, 3.8) is 0 Å². The van der Waals surface area contributed by atoms with E-state index in [1.807, 2.05) is 0 Å². The Morgan fingerprint density at radius 1 is 1.31 bits per heavy atom. The second kappa shape index (κ2) is 8.99. The van der Waals surface area contributed by atoms with Crippen molar-refractivity contribution >= 4 is 43.5 Å². The molecule has 0 amide bonds. The van der Waals surface area contributed by atoms with Gasteiger partial charge in [0.25, 0.3) is 10.0 Å². The predicted molar refractivity (Wildman–Crippen MR) is 107 cm³/mol. The van der Waals surface area contributed by atoms with E-state index < -0.39 is 16.0 Å². The minimum atomic E-state index is -3.92. The monoisotopic (exact) mass is 505 g/mol. The van der Waals surface area contributed by atoms with Gasteiger partial charge in [-0.1, -0.05) is 16.1 Å². The summed E-state index contributed by atoms with van der Waals surface area (Å²) >= 11 is 9.36. The second-order valence-corrected chi connectivity index (χ2v) is 9.21. The van der Waals surface area contributed by atoms with Gasteiger partial charge in [0, 0.05) is 27.7 Å². The summed E-state index contributed by atoms with van der Waals surface area (Å²) in [6.07, 6.45) is 0. The largest absolute Gasteiger partial charge is 0.467 e. The van der Waals surface area contributed by atoms with Gasteiger partial charge in [-0.25, -0.2) is 13.2 Å². The fourth-order valence-corrected chi connectivity index (χ4v) is 4.32. The molecule has 0 radical (unpaired) electrons. The van der Waals surface area contributed by atoms with Crippen LogP contribution in [0.1, 0.15) is 21.5 Å². The van der Waals surface area contributed by atoms with Gasteiger partial charge in [0.05, 0.1) is 24.2 Å². The zero-order valence-corrected chi connectivity index (χ0v) is 18.6. The number of halogens is 2. The number of benzene rings is 2. The minimum Gasteiger partial charge on any atom is -0.467 e. The molecule has 2 aromatic carbocycles. The van der Waals surface area contributed by atoms with Crippen LogP contribution in [0, 0.1) is 0 Å². The highest BCUT2D eigenvalue weighted by molar-refractivity contribution is 9.10. The van der Waals surface area contributed by atoms with E-state index in [2.05, 4.69) is 15.9 Å². The van der Waals surface area contributed by atoms with Gasteiger partial charge in [0.2, 0.25) is 0 Å². The van der Waals surface area contributed by atoms with Crippen molar-refractivity contribution in [1.29, 1.82) is 0 Å². The molecule has 0 atom stereocenters. The lowest BCUT2D eigenvalue weighted by atomic mass is 10.1. The number of hydrogen-bond donors (Lipinski definition) is 0. The Morgan fingerprint density at radius 2 is 2.07 bits per heavy atom. The summed E-state index contributed by atoms with van der Waals surface area (Å²) in [6, 6.07) is 7.39. The number of carbonyl (C=O) groups is 1. The molecule has 29 heavy (non-hydrogen) atoms. The fourth-order valence-electron chi connectivity index (χ4n) is 2.65. The standard InChI is InChI=1S/C18H17BrClNO7S/c1-21(25-2)29(23,24)14-3-4-16(19)15(7-14)18(22)27-9-12-6-13(20)5-11-8-26-10-28-17(11)12/h3-7H,8-10H2,1-2H3. The third-order valence-corrected chi connectivity index (χ3v) is 6.75. The van der Waals surface area contributed by atoms with Crippen LogP contribution in [0.5, 0.6) is 5.75 Å². The lowest BCUT2D eigenvalue weighted by molar-refractivity contribution is -0.0258. The topological polar surface area (TPSA) is 91.4 Å². The number of esters is 1. The van der Waals surface area contributed by atoms with E-state index >= 15 is 0 Å². The Hall–Kier alpha value is -1.69. The molecule has 1 aliphatic rings. The minimum absolute atomic E-state index is 0.0516. The molecule has 2 aromatic rings. The average molecular weight is 507 g/mol. The third-order valence-electron chi connectivity index (χ3n) is 4.16. The smallest absolute Gasteiger partial charge is 0.339 e. The number of nitrogens with zero attached hydrogens (tertiary/aromatic N) is 1. The Bertz CT molecular complexity index is 1040. The van der Waals surface area contributed by atoms with Crippen LogP contribution in [0.25, 0.3) is 0 Å². The molecule has 0 fully saturated rings. The van der Waals surface area contributed by atoms with E-state index in [-0.39, 0.29) is 23.9 Å². The van der Waals surface area contributed by atoms with Gasteiger partial charge in [0.15, 0.2) is 6.79 Å². The maximum absolute atomic E-state index is 12.6. The fraction of sp³-hybridized carbons (Fsp3) is 0.278. The summed E-state index contributed by atoms with van der Waals surface area (Å²) in [5.41, 5.74) is 1.39. The summed E-state index contributed by atoms with van der Waals surface area (Å²) in [4.78, 5) is 17.3. The van der Waals surface area contributed by atoms with Gasteiger partial charge in [-0.15, -0.1) is 0 Å². The number of sulfonamides is 1. The molecule has 0 aromatic heterocycles. The van der Waals surface area contributed by atoms with Crippen LogP contribution in [0.3, 0.4) is 0 Å². The van der Waals surface area contributed by atoms with Crippen LogP contribution in [0.15, 0.2) is 39.7 Å². The van der Waals surface area contributed by atoms with Crippen LogP contribution in [0.2, 0.25) is 5.02 Å². The number of carbonyl (C=O) groups excluding carboxylic acids is 1. The van der Waals surface area contributed by atoms with Crippen LogP contribution in [-0.4, -0.2) is 39.8 Å². The molecule has 0 saturated carbocycles. The van der Waals surface area contributed by atoms with Crippen molar-refractivity contribution in [2.45, 2.75) is 18.1 Å². The van der Waals surface area contributed by atoms with Gasteiger partial charge in [-0.2, -0.15) is 0 Å². The maximum atomic E-state index is 12.6. The van der Waals surface area contributed by atoms with E-state index in [4.69, 9.17) is 30.6 Å². The Morgan fingerprint density at radius 3 is 2.79 bits per heavy atom. The molecule has 8 nitrogen and oxygen atoms in total. The molecule has 156 valence electrons. The van der Waals surface area contributed by atoms with Gasteiger partial charge < -0.3 is 14.2 Å². The van der Waals surface area contributed by atoms with Crippen LogP contribution >= 0.6 is 27.5 Å². The molecular formula is C18H17BrClNO7S. The SMILES string of the molecule is CON(C)S(=O)(=O)c1ccc(Br)c(C(=O)OCc2cc(Cl)cc3c2OCOC3)c1. The summed E-state index contributed by atoms with van der Waals surface area (Å²) in [7, 11) is -1.44. The van der Waals surface area contributed by atoms with Crippen molar-refractivity contribution in [3.8, 4) is 5.75 Å². The molecule has 0 spiro atoms. The van der Waals surface area contributed by atoms with E-state index in [0.29, 0.717) is 31.9 Å². The van der Waals surface area contributed by atoms with E-state index in [1.165, 1.54) is 32.4 Å². The van der Waals surface area contributed by atoms with E-state index in [1.54, 1.807) is 12.1 Å². The van der Waals surface area contributed by atoms with Crippen molar-refractivity contribution in [2.75, 3.05) is 21.0 Å². The Balaban J connectivity index is 1.84. The zero-order valence-electron chi connectivity index (χ0n) is 15.5. The van der Waals surface area contributed by atoms with Crippen LogP contribution < -0.4 is 4.74 Å². The number of fused-ring (bicyclic) bond motifs is 1. The molecular weight excluding hydrogens is 490 g/mol. The van der Waals surface area contributed by atoms with Crippen molar-refractivity contribution in [3.05, 3.63) is 56.5 Å². The van der Waals surface area contributed by atoms with Crippen molar-refractivity contribution in [2.24, 2.45) is 0 Å². The number of hydroxylamine groups is 1. The lowest BCUT2D eigenvalue weighted by Crippen LogP contribution is -2.26. The van der Waals surface area contributed by atoms with Crippen molar-refractivity contribution in [1.82, 2.24) is 4.47 Å². The normalized spacial score (nSPS) is 13.7. The highest BCUT2D eigenvalue weighted by atomic mass is 79.9. The number of ether oxygens (including phenoxy) is 3. The predicted octanol–water partition coefficient (Wildman–Crippen LogP) is 3.51. The molecule has 11 heteroatoms. The first-order chi connectivity index (χ1) is 13.7. The molecule has 0 aliphatic carbocycles. The maximum Gasteiger partial charge on any atom is 0.339 e. The Labute approximate surface area is 181 Å². The summed E-state index contributed by atoms with van der Waals surface area (Å²) in [5.74, 6) is -0.152. The highest BCUT2D eigenvalue weighted by Gasteiger charge is 2.24. The third kappa shape index (κ3) is 4.73. The molecule has 1 heterocycles. The lowest BCUT2D eigenvalue weighted by Gasteiger charge is -2.21. The van der Waals surface area contributed by atoms with Gasteiger partial charge in [0.1, 0.15) is 12.4 Å². The zero-order chi connectivity index (χ0) is 21.2. The molecule has 0 bridgehead atoms. The highest BCUT2D eigenvalue weighted by Crippen LogP contribution is 2.32. The van der Waals surface area contributed by atoms with Crippen LogP contribution in [-0.2, 0) is 37.5 Å². The molecule has 0 unspecified atom stereocenters. The molecule has 0 N–H and O–H groups in total. The summed E-state index contributed by atoms with van der Waals surface area (Å²) in [6.45, 7) is 0.326. The van der Waals surface area contributed by atoms with E-state index in [9.17, 15) is 13.2 Å².